The van der Waals surface area contributed by atoms with Crippen LogP contribution in [-0.4, -0.2) is 166 Å². The monoisotopic (exact) mass is 1610 g/mol. The van der Waals surface area contributed by atoms with E-state index in [9.17, 15) is 46.7 Å². The van der Waals surface area contributed by atoms with Crippen molar-refractivity contribution in [2.75, 3.05) is 93.9 Å². The molecule has 662 valence electrons. The Bertz CT molecular complexity index is 2160. The number of aliphatic carboxylic acids is 1. The van der Waals surface area contributed by atoms with Gasteiger partial charge in [-0.1, -0.05) is 282 Å². The molecule has 1 N–H and O–H groups in total. The van der Waals surface area contributed by atoms with Crippen LogP contribution in [0.2, 0.25) is 0 Å². The Balaban J connectivity index is -0.00000197. The minimum Gasteiger partial charge on any atom is -0.480 e. The summed E-state index contributed by atoms with van der Waals surface area (Å²) < 4.78 is 60.8. The number of hydrogen-bond acceptors (Lipinski definition) is 13. The molecule has 0 saturated heterocycles. The Morgan fingerprint density at radius 3 is 0.655 bits per heavy atom. The molecule has 0 unspecified atom stereocenters. The third-order valence-electron chi connectivity index (χ3n) is 19.7. The van der Waals surface area contributed by atoms with E-state index in [0.29, 0.717) is 63.4 Å². The summed E-state index contributed by atoms with van der Waals surface area (Å²) in [5, 5.41) is 8.04. The molecule has 2 amide bonds. The molecule has 0 aliphatic carbocycles. The molecule has 0 aliphatic rings. The van der Waals surface area contributed by atoms with Crippen LogP contribution in [0.15, 0.2) is 48.6 Å². The van der Waals surface area contributed by atoms with Crippen molar-refractivity contribution in [2.45, 2.75) is 419 Å². The summed E-state index contributed by atoms with van der Waals surface area (Å²) in [6.45, 7) is 10.6. The van der Waals surface area contributed by atoms with Gasteiger partial charge in [-0.2, -0.15) is 13.2 Å². The van der Waals surface area contributed by atoms with Crippen molar-refractivity contribution >= 4 is 41.7 Å². The minimum atomic E-state index is -5.00. The predicted molar refractivity (Wildman–Crippen MR) is 464 cm³/mol. The molecule has 0 heterocycles. The number of carbonyl (C=O) groups excluding carboxylic acids is 6. The summed E-state index contributed by atoms with van der Waals surface area (Å²) in [4.78, 5) is 89.1. The van der Waals surface area contributed by atoms with E-state index in [1.54, 1.807) is 23.9 Å². The van der Waals surface area contributed by atoms with Crippen LogP contribution in [0, 0.1) is 0 Å². The van der Waals surface area contributed by atoms with Gasteiger partial charge >= 0.3 is 41.9 Å². The highest BCUT2D eigenvalue weighted by molar-refractivity contribution is 5.82. The minimum absolute atomic E-state index is 0.0363. The van der Waals surface area contributed by atoms with Gasteiger partial charge in [0.2, 0.25) is 5.91 Å². The first-order valence-corrected chi connectivity index (χ1v) is 46.1. The smallest absolute Gasteiger partial charge is 0.471 e. The normalized spacial score (nSPS) is 11.6. The number of unbranched alkanes of at least 4 members (excludes halogenated alkanes) is 44. The van der Waals surface area contributed by atoms with Gasteiger partial charge in [-0.3, -0.25) is 38.5 Å². The van der Waals surface area contributed by atoms with E-state index in [1.807, 2.05) is 19.0 Å². The number of esters is 4. The molecule has 0 aromatic rings. The Kier molecular flexibility index (Phi) is 88.6. The zero-order valence-electron chi connectivity index (χ0n) is 74.0. The van der Waals surface area contributed by atoms with Crippen LogP contribution in [0.1, 0.15) is 413 Å². The summed E-state index contributed by atoms with van der Waals surface area (Å²) in [5.74, 6) is -3.71. The van der Waals surface area contributed by atoms with Crippen LogP contribution in [0.5, 0.6) is 0 Å². The number of carboxylic acids is 1. The van der Waals surface area contributed by atoms with E-state index in [-0.39, 0.29) is 88.3 Å². The molecule has 0 radical (unpaired) electrons. The molecule has 0 spiro atoms. The standard InChI is InChI=1S/C46H86N2O5.C44H78F3NO5.C4H9NO2/c1-5-7-9-11-13-15-17-19-21-23-25-27-29-31-33-37-45(50)52-41-35-39-48(44(49)43-47(3)4)40-36-42-53-46(51)38-34-32-30-28-26-24-22-20-18-16-14-12-10-8-6-2;1-3-5-7-9-11-13-15-17-19-21-23-25-27-29-31-35-41(49)52-39-33-37-48(43(51)44(45,46)47)38-34-40-53-42(50)36-32-30-28-26-24-22-20-18-16-14-12-10-8-6-4-2;1-5(2)3-4(6)7/h19-22H,5-18,23-43H2,1-4H3;17-20H,3-16,21-40H2,1-2H3;3H2,1-2H3,(H,6,7)/b21-19-,22-20-;19-17-,20-18-;. The van der Waals surface area contributed by atoms with Crippen LogP contribution < -0.4 is 0 Å². The number of halogens is 3. The molecular weight excluding hydrogens is 1430 g/mol. The first kappa shape index (κ1) is 112. The van der Waals surface area contributed by atoms with E-state index in [4.69, 9.17) is 24.1 Å². The van der Waals surface area contributed by atoms with Crippen molar-refractivity contribution in [1.82, 2.24) is 19.6 Å². The van der Waals surface area contributed by atoms with E-state index < -0.39 is 18.1 Å². The summed E-state index contributed by atoms with van der Waals surface area (Å²) in [7, 11) is 7.19. The van der Waals surface area contributed by atoms with E-state index in [1.165, 1.54) is 205 Å². The average molecular weight is 1610 g/mol. The highest BCUT2D eigenvalue weighted by atomic mass is 19.4. The van der Waals surface area contributed by atoms with E-state index in [0.717, 1.165) is 128 Å². The van der Waals surface area contributed by atoms with Gasteiger partial charge in [0.05, 0.1) is 39.5 Å². The fourth-order valence-corrected chi connectivity index (χ4v) is 12.9. The topological polar surface area (TPSA) is 190 Å². The molecule has 0 aliphatic heterocycles. The van der Waals surface area contributed by atoms with Crippen LogP contribution in [0.4, 0.5) is 13.2 Å². The molecule has 0 fully saturated rings. The quantitative estimate of drug-likeness (QED) is 0.0262. The van der Waals surface area contributed by atoms with Gasteiger partial charge < -0.3 is 38.8 Å². The summed E-state index contributed by atoms with van der Waals surface area (Å²) >= 11 is 0. The number of carbonyl (C=O) groups is 7. The van der Waals surface area contributed by atoms with Gasteiger partial charge in [0.15, 0.2) is 0 Å². The molecule has 0 bridgehead atoms. The van der Waals surface area contributed by atoms with E-state index >= 15 is 0 Å². The lowest BCUT2D eigenvalue weighted by molar-refractivity contribution is -0.185. The second kappa shape index (κ2) is 89.3. The lowest BCUT2D eigenvalue weighted by Gasteiger charge is -2.24. The lowest BCUT2D eigenvalue weighted by Crippen LogP contribution is -2.42. The van der Waals surface area contributed by atoms with Crippen LogP contribution in [0.3, 0.4) is 0 Å². The number of allylic oxidation sites excluding steroid dienone is 8. The van der Waals surface area contributed by atoms with Gasteiger partial charge in [0.25, 0.3) is 0 Å². The number of likely N-dealkylation sites (N-methyl/N-ethyl adjacent to an activating group) is 2. The van der Waals surface area contributed by atoms with Crippen molar-refractivity contribution in [3.8, 4) is 0 Å². The number of alkyl halides is 3. The van der Waals surface area contributed by atoms with Crippen molar-refractivity contribution < 1.29 is 70.8 Å². The summed E-state index contributed by atoms with van der Waals surface area (Å²) in [6.07, 6.45) is 78.9. The largest absolute Gasteiger partial charge is 0.480 e. The van der Waals surface area contributed by atoms with E-state index in [2.05, 4.69) is 76.3 Å². The fraction of sp³-hybridized carbons (Fsp3) is 0.840. The van der Waals surface area contributed by atoms with Crippen molar-refractivity contribution in [1.29, 1.82) is 0 Å². The van der Waals surface area contributed by atoms with Crippen molar-refractivity contribution in [3.05, 3.63) is 48.6 Å². The maximum absolute atomic E-state index is 13.2. The average Bonchev–Trinajstić information content (AvgIpc) is 0.872. The van der Waals surface area contributed by atoms with Gasteiger partial charge in [-0.15, -0.1) is 0 Å². The van der Waals surface area contributed by atoms with Gasteiger partial charge in [0.1, 0.15) is 0 Å². The SMILES string of the molecule is CCCCCCCC/C=C\CCCCCCCC(=O)OCCCN(CCCOC(=O)CCCCCCC/C=C\CCCCCCCC)C(=O)C(F)(F)F.CCCCCCCC/C=C\CCCCCCCC(=O)OCCCN(CCCOC(=O)CCCCCCC/C=C\CCCCCCCC)C(=O)CN(C)C.CN(C)CC(=O)O. The number of amides is 2. The van der Waals surface area contributed by atoms with Crippen LogP contribution >= 0.6 is 0 Å². The van der Waals surface area contributed by atoms with Gasteiger partial charge in [0, 0.05) is 51.9 Å². The fourth-order valence-electron chi connectivity index (χ4n) is 12.9. The molecule has 19 heteroatoms. The Hall–Kier alpha value is -5.04. The molecule has 0 aromatic carbocycles. The van der Waals surface area contributed by atoms with Gasteiger partial charge in [-0.05, 0) is 182 Å². The Morgan fingerprint density at radius 2 is 0.469 bits per heavy atom. The first-order valence-electron chi connectivity index (χ1n) is 46.1. The first-order chi connectivity index (χ1) is 54.7. The highest BCUT2D eigenvalue weighted by Crippen LogP contribution is 2.21. The maximum Gasteiger partial charge on any atom is 0.471 e. The summed E-state index contributed by atoms with van der Waals surface area (Å²) in [5.41, 5.74) is 0. The molecular formula is C94H173F3N4O12. The van der Waals surface area contributed by atoms with Crippen LogP contribution in [0.25, 0.3) is 0 Å². The Labute approximate surface area is 690 Å². The molecule has 113 heavy (non-hydrogen) atoms. The second-order valence-electron chi connectivity index (χ2n) is 31.7. The Morgan fingerprint density at radius 1 is 0.274 bits per heavy atom. The second-order valence-corrected chi connectivity index (χ2v) is 31.7. The number of ether oxygens (including phenoxy) is 4. The zero-order valence-corrected chi connectivity index (χ0v) is 74.0. The number of carboxylic acid groups (broad SMARTS) is 1. The molecule has 0 rings (SSSR count). The van der Waals surface area contributed by atoms with Crippen molar-refractivity contribution in [2.24, 2.45) is 0 Å². The summed E-state index contributed by atoms with van der Waals surface area (Å²) in [6, 6.07) is 0. The van der Waals surface area contributed by atoms with Crippen LogP contribution in [-0.2, 0) is 52.5 Å². The number of rotatable bonds is 80. The van der Waals surface area contributed by atoms with Gasteiger partial charge in [-0.25, -0.2) is 0 Å². The molecule has 0 saturated carbocycles. The number of hydrogen-bond donors (Lipinski definition) is 1. The predicted octanol–water partition coefficient (Wildman–Crippen LogP) is 25.3. The third-order valence-corrected chi connectivity index (χ3v) is 19.7. The van der Waals surface area contributed by atoms with Crippen molar-refractivity contribution in [3.63, 3.8) is 0 Å². The molecule has 0 aromatic heterocycles. The zero-order chi connectivity index (χ0) is 83.8. The molecule has 16 nitrogen and oxygen atoms in total. The maximum atomic E-state index is 13.2. The number of nitrogens with zero attached hydrogens (tertiary/aromatic N) is 4. The lowest BCUT2D eigenvalue weighted by atomic mass is 10.1. The highest BCUT2D eigenvalue weighted by Gasteiger charge is 2.42. The third kappa shape index (κ3) is 92.3. The molecule has 0 atom stereocenters.